The summed E-state index contributed by atoms with van der Waals surface area (Å²) >= 11 is 0. The summed E-state index contributed by atoms with van der Waals surface area (Å²) in [4.78, 5) is 2.74. The first-order valence-corrected chi connectivity index (χ1v) is 10.5. The summed E-state index contributed by atoms with van der Waals surface area (Å²) in [6.07, 6.45) is 9.25. The van der Waals surface area contributed by atoms with E-state index in [1.165, 1.54) is 49.2 Å². The molecule has 0 amide bonds. The summed E-state index contributed by atoms with van der Waals surface area (Å²) < 4.78 is 5.54. The van der Waals surface area contributed by atoms with Gasteiger partial charge in [0.15, 0.2) is 0 Å². The molecule has 0 saturated heterocycles. The lowest BCUT2D eigenvalue weighted by Gasteiger charge is -2.36. The molecular weight excluding hydrogens is 302 g/mol. The zero-order chi connectivity index (χ0) is 16.1. The molecule has 0 unspecified atom stereocenters. The molecule has 1 aromatic rings. The first-order chi connectivity index (χ1) is 11.3. The average molecular weight is 332 g/mol. The summed E-state index contributed by atoms with van der Waals surface area (Å²) in [5.41, 5.74) is 2.93. The van der Waals surface area contributed by atoms with Crippen molar-refractivity contribution in [2.75, 3.05) is 26.0 Å². The Bertz CT molecular complexity index is 569. The van der Waals surface area contributed by atoms with Crippen molar-refractivity contribution in [3.63, 3.8) is 0 Å². The molecule has 1 aliphatic heterocycles. The molecule has 2 aliphatic rings. The number of hydrogen-bond acceptors (Lipinski definition) is 2. The van der Waals surface area contributed by atoms with Gasteiger partial charge in [-0.15, -0.1) is 0 Å². The Balaban J connectivity index is 1.66. The molecule has 0 aromatic heterocycles. The molecule has 0 bridgehead atoms. The fraction of sp³-hybridized carbons (Fsp3) is 0.500. The van der Waals surface area contributed by atoms with Crippen LogP contribution in [0.5, 0.6) is 5.75 Å². The zero-order valence-electron chi connectivity index (χ0n) is 14.4. The number of methoxy groups -OCH3 is 1. The zero-order valence-corrected chi connectivity index (χ0v) is 15.3. The molecular formula is C20H29NOS. The van der Waals surface area contributed by atoms with Crippen LogP contribution in [-0.2, 0) is 12.8 Å². The molecule has 0 spiro atoms. The maximum absolute atomic E-state index is 5.54. The Morgan fingerprint density at radius 2 is 2.04 bits per heavy atom. The summed E-state index contributed by atoms with van der Waals surface area (Å²) in [5, 5.41) is 4.78. The van der Waals surface area contributed by atoms with Crippen LogP contribution in [-0.4, -0.2) is 36.9 Å². The smallest absolute Gasteiger partial charge is 0.122 e. The van der Waals surface area contributed by atoms with E-state index >= 15 is 0 Å². The number of thiol groups is 1. The molecule has 23 heavy (non-hydrogen) atoms. The second-order valence-electron chi connectivity index (χ2n) is 6.45. The first-order valence-electron chi connectivity index (χ1n) is 8.81. The van der Waals surface area contributed by atoms with Gasteiger partial charge in [0, 0.05) is 12.6 Å². The molecule has 1 atom stereocenters. The fourth-order valence-electron chi connectivity index (χ4n) is 3.78. The lowest BCUT2D eigenvalue weighted by molar-refractivity contribution is 0.190. The molecule has 0 saturated carbocycles. The van der Waals surface area contributed by atoms with Crippen LogP contribution in [0.25, 0.3) is 0 Å². The molecule has 0 N–H and O–H groups in total. The molecule has 1 heterocycles. The largest absolute Gasteiger partial charge is 0.496 e. The van der Waals surface area contributed by atoms with Gasteiger partial charge in [-0.2, -0.15) is 0 Å². The Morgan fingerprint density at radius 3 is 2.78 bits per heavy atom. The highest BCUT2D eigenvalue weighted by Gasteiger charge is 2.25. The summed E-state index contributed by atoms with van der Waals surface area (Å²) in [7, 11) is 1.80. The van der Waals surface area contributed by atoms with Gasteiger partial charge in [-0.05, 0) is 66.0 Å². The topological polar surface area (TPSA) is 12.5 Å². The van der Waals surface area contributed by atoms with E-state index in [2.05, 4.69) is 53.0 Å². The lowest BCUT2D eigenvalue weighted by Crippen LogP contribution is -2.41. The summed E-state index contributed by atoms with van der Waals surface area (Å²) in [5.74, 6) is 2.39. The van der Waals surface area contributed by atoms with E-state index in [0.29, 0.717) is 6.04 Å². The SMILES string of the molecule is CCCN(CC[SH]1C=CC=C1)[C@H]1CCc2c(cccc2OC)C1. The second kappa shape index (κ2) is 8.07. The van der Waals surface area contributed by atoms with Gasteiger partial charge >= 0.3 is 0 Å². The molecule has 1 aromatic carbocycles. The Labute approximate surface area is 143 Å². The molecule has 0 radical (unpaired) electrons. The van der Waals surface area contributed by atoms with Gasteiger partial charge in [-0.3, -0.25) is 4.90 Å². The first kappa shape index (κ1) is 16.7. The number of nitrogens with zero attached hydrogens (tertiary/aromatic N) is 1. The number of benzene rings is 1. The van der Waals surface area contributed by atoms with Crippen molar-refractivity contribution >= 4 is 10.9 Å². The van der Waals surface area contributed by atoms with Gasteiger partial charge in [-0.25, -0.2) is 10.9 Å². The number of allylic oxidation sites excluding steroid dienone is 2. The van der Waals surface area contributed by atoms with Crippen molar-refractivity contribution < 1.29 is 4.74 Å². The van der Waals surface area contributed by atoms with Crippen molar-refractivity contribution in [3.05, 3.63) is 52.3 Å². The summed E-state index contributed by atoms with van der Waals surface area (Å²) in [6.45, 7) is 4.76. The van der Waals surface area contributed by atoms with Crippen LogP contribution in [0.2, 0.25) is 0 Å². The third-order valence-corrected chi connectivity index (χ3v) is 6.80. The van der Waals surface area contributed by atoms with Crippen LogP contribution in [0.3, 0.4) is 0 Å². The van der Waals surface area contributed by atoms with Gasteiger partial charge in [0.25, 0.3) is 0 Å². The Kier molecular flexibility index (Phi) is 5.85. The molecule has 2 nitrogen and oxygen atoms in total. The standard InChI is InChI=1S/C20H29NOS/c1-3-11-21(12-15-23-13-4-5-14-23)18-9-10-19-17(16-18)7-6-8-20(19)22-2/h4-8,13-14,18,23H,3,9-12,15-16H2,1-2H3/t18-/m0/s1. The minimum Gasteiger partial charge on any atom is -0.496 e. The number of rotatable bonds is 7. The van der Waals surface area contributed by atoms with Gasteiger partial charge in [-0.1, -0.05) is 31.2 Å². The van der Waals surface area contributed by atoms with Crippen LogP contribution in [0, 0.1) is 0 Å². The number of ether oxygens (including phenoxy) is 1. The number of hydrogen-bond donors (Lipinski definition) is 1. The van der Waals surface area contributed by atoms with Crippen molar-refractivity contribution in [1.82, 2.24) is 4.90 Å². The predicted octanol–water partition coefficient (Wildman–Crippen LogP) is 4.31. The molecule has 1 aliphatic carbocycles. The van der Waals surface area contributed by atoms with Crippen LogP contribution >= 0.6 is 10.9 Å². The van der Waals surface area contributed by atoms with Crippen LogP contribution < -0.4 is 4.74 Å². The van der Waals surface area contributed by atoms with E-state index in [-0.39, 0.29) is 10.9 Å². The third kappa shape index (κ3) is 4.02. The van der Waals surface area contributed by atoms with Crippen molar-refractivity contribution in [2.45, 2.75) is 38.6 Å². The minimum absolute atomic E-state index is 0.00744. The molecule has 3 heteroatoms. The van der Waals surface area contributed by atoms with E-state index in [1.54, 1.807) is 7.11 Å². The third-order valence-electron chi connectivity index (χ3n) is 4.97. The van der Waals surface area contributed by atoms with Crippen molar-refractivity contribution in [1.29, 1.82) is 0 Å². The van der Waals surface area contributed by atoms with Crippen LogP contribution in [0.4, 0.5) is 0 Å². The van der Waals surface area contributed by atoms with Gasteiger partial charge in [0.2, 0.25) is 0 Å². The van der Waals surface area contributed by atoms with Crippen molar-refractivity contribution in [2.24, 2.45) is 0 Å². The van der Waals surface area contributed by atoms with Gasteiger partial charge < -0.3 is 4.74 Å². The highest BCUT2D eigenvalue weighted by atomic mass is 32.2. The number of fused-ring (bicyclic) bond motifs is 1. The quantitative estimate of drug-likeness (QED) is 0.748. The molecule has 3 rings (SSSR count). The Hall–Kier alpha value is -1.19. The normalized spacial score (nSPS) is 21.0. The van der Waals surface area contributed by atoms with E-state index < -0.39 is 0 Å². The monoisotopic (exact) mass is 331 g/mol. The minimum atomic E-state index is 0.00744. The van der Waals surface area contributed by atoms with Crippen LogP contribution in [0.1, 0.15) is 30.9 Å². The van der Waals surface area contributed by atoms with E-state index in [0.717, 1.165) is 12.2 Å². The summed E-state index contributed by atoms with van der Waals surface area (Å²) in [6, 6.07) is 7.23. The maximum Gasteiger partial charge on any atom is 0.122 e. The highest BCUT2D eigenvalue weighted by molar-refractivity contribution is 8.22. The van der Waals surface area contributed by atoms with Crippen molar-refractivity contribution in [3.8, 4) is 5.75 Å². The van der Waals surface area contributed by atoms with E-state index in [9.17, 15) is 0 Å². The van der Waals surface area contributed by atoms with Gasteiger partial charge in [0.1, 0.15) is 5.75 Å². The Morgan fingerprint density at radius 1 is 1.22 bits per heavy atom. The maximum atomic E-state index is 5.54. The lowest BCUT2D eigenvalue weighted by atomic mass is 9.87. The van der Waals surface area contributed by atoms with Gasteiger partial charge in [0.05, 0.1) is 7.11 Å². The van der Waals surface area contributed by atoms with E-state index in [1.807, 2.05) is 0 Å². The molecule has 126 valence electrons. The fourth-order valence-corrected chi connectivity index (χ4v) is 5.31. The predicted molar refractivity (Wildman–Crippen MR) is 103 cm³/mol. The second-order valence-corrected chi connectivity index (χ2v) is 8.52. The highest BCUT2D eigenvalue weighted by Crippen LogP contribution is 2.34. The van der Waals surface area contributed by atoms with E-state index in [4.69, 9.17) is 4.74 Å². The van der Waals surface area contributed by atoms with Crippen LogP contribution in [0.15, 0.2) is 41.2 Å². The average Bonchev–Trinajstić information content (AvgIpc) is 3.11. The molecule has 0 fully saturated rings.